The van der Waals surface area contributed by atoms with Gasteiger partial charge in [-0.05, 0) is 76.6 Å². The van der Waals surface area contributed by atoms with Crippen molar-refractivity contribution in [3.05, 3.63) is 40.4 Å². The lowest BCUT2D eigenvalue weighted by Crippen LogP contribution is -2.67. The quantitative estimate of drug-likeness (QED) is 0.190. The van der Waals surface area contributed by atoms with E-state index in [2.05, 4.69) is 9.88 Å². The van der Waals surface area contributed by atoms with Gasteiger partial charge in [-0.2, -0.15) is 24.0 Å². The molecule has 0 saturated carbocycles. The lowest BCUT2D eigenvalue weighted by molar-refractivity contribution is -0.202. The van der Waals surface area contributed by atoms with Crippen molar-refractivity contribution in [2.45, 2.75) is 88.6 Å². The molecule has 3 N–H and O–H groups in total. The van der Waals surface area contributed by atoms with E-state index in [0.717, 1.165) is 62.0 Å². The molecule has 6 heterocycles. The monoisotopic (exact) mass is 817 g/mol. The SMILES string of the molecule is CC(C)(O)C(F)(F)C(=O)N1CC2(CCCCN(c3nc(OC4CC[C@@H](F)CN5CCC[C@H]45)nc4c(F)c(-c5ccc(F)c6sc(N)c(C#N)c56)c(Cl)cc34)C2)C1. The van der Waals surface area contributed by atoms with Gasteiger partial charge in [0.05, 0.1) is 15.3 Å². The van der Waals surface area contributed by atoms with Crippen LogP contribution in [0, 0.1) is 28.4 Å². The number of carbonyl (C=O) groups excluding carboxylic acids is 1. The molecule has 0 radical (unpaired) electrons. The highest BCUT2D eigenvalue weighted by molar-refractivity contribution is 7.23. The van der Waals surface area contributed by atoms with Crippen LogP contribution < -0.4 is 15.4 Å². The van der Waals surface area contributed by atoms with E-state index in [9.17, 15) is 28.3 Å². The van der Waals surface area contributed by atoms with Crippen molar-refractivity contribution in [2.75, 3.05) is 49.9 Å². The van der Waals surface area contributed by atoms with E-state index in [-0.39, 0.29) is 91.6 Å². The third kappa shape index (κ3) is 6.48. The molecule has 0 aliphatic carbocycles. The number of nitrogens with two attached hydrogens (primary N) is 1. The highest BCUT2D eigenvalue weighted by Crippen LogP contribution is 2.48. The van der Waals surface area contributed by atoms with E-state index in [1.807, 2.05) is 11.0 Å². The first kappa shape index (κ1) is 38.8. The number of benzene rings is 2. The maximum absolute atomic E-state index is 17.3. The molecular formula is C39H41ClF5N7O3S. The zero-order valence-electron chi connectivity index (χ0n) is 30.9. The first-order valence-electron chi connectivity index (χ1n) is 18.8. The summed E-state index contributed by atoms with van der Waals surface area (Å²) < 4.78 is 83.6. The van der Waals surface area contributed by atoms with Crippen LogP contribution in [0.5, 0.6) is 6.01 Å². The smallest absolute Gasteiger partial charge is 0.352 e. The van der Waals surface area contributed by atoms with Crippen LogP contribution in [0.4, 0.5) is 32.8 Å². The van der Waals surface area contributed by atoms with Crippen molar-refractivity contribution in [3.8, 4) is 23.2 Å². The molecule has 3 atom stereocenters. The number of fused-ring (bicyclic) bond motifs is 3. The van der Waals surface area contributed by atoms with Crippen molar-refractivity contribution in [3.63, 3.8) is 0 Å². The fraction of sp³-hybridized carbons (Fsp3) is 0.538. The molecule has 2 aromatic heterocycles. The van der Waals surface area contributed by atoms with Gasteiger partial charge in [-0.3, -0.25) is 9.69 Å². The molecule has 0 bridgehead atoms. The predicted molar refractivity (Wildman–Crippen MR) is 204 cm³/mol. The minimum absolute atomic E-state index is 0.00804. The van der Waals surface area contributed by atoms with Gasteiger partial charge >= 0.3 is 11.9 Å². The van der Waals surface area contributed by atoms with Crippen molar-refractivity contribution in [1.82, 2.24) is 19.8 Å². The van der Waals surface area contributed by atoms with Crippen LogP contribution in [-0.4, -0.2) is 99.9 Å². The molecule has 298 valence electrons. The van der Waals surface area contributed by atoms with Crippen LogP contribution in [0.1, 0.15) is 64.4 Å². The number of amides is 1. The van der Waals surface area contributed by atoms with E-state index in [1.54, 1.807) is 0 Å². The molecule has 1 amide bonds. The number of ether oxygens (including phenoxy) is 1. The molecule has 4 aromatic rings. The molecule has 4 saturated heterocycles. The third-order valence-corrected chi connectivity index (χ3v) is 13.3. The number of alkyl halides is 3. The molecular weight excluding hydrogens is 777 g/mol. The molecule has 4 aliphatic rings. The Morgan fingerprint density at radius 2 is 1.89 bits per heavy atom. The van der Waals surface area contributed by atoms with Crippen LogP contribution >= 0.6 is 22.9 Å². The van der Waals surface area contributed by atoms with Gasteiger partial charge in [0.25, 0.3) is 5.91 Å². The third-order valence-electron chi connectivity index (χ3n) is 11.9. The highest BCUT2D eigenvalue weighted by atomic mass is 35.5. The van der Waals surface area contributed by atoms with E-state index < -0.39 is 46.8 Å². The molecule has 1 unspecified atom stereocenters. The number of aromatic nitrogens is 2. The average Bonchev–Trinajstić information content (AvgIpc) is 3.60. The number of carbonyl (C=O) groups is 1. The number of nitriles is 1. The standard InChI is InChI=1S/C39H41ClF5N7O3S/c1-37(2,54)39(44,45)35(53)52-18-38(19-52)11-3-4-12-51(17-38)34-22-14-24(40)29(21-8-9-25(42)32-28(21)23(15-46)33(47)56-32)30(43)31(22)48-36(49-34)55-27-10-7-20(41)16-50-13-5-6-26(27)50/h8-9,14,20,26-27,54H,3-7,10-13,16-19,47H2,1-2H3/t20-,26-,27?/m1/s1. The minimum Gasteiger partial charge on any atom is -0.458 e. The number of likely N-dealkylation sites (tertiary alicyclic amines) is 1. The topological polar surface area (TPSA) is 132 Å². The number of hydrogen-bond acceptors (Lipinski definition) is 10. The van der Waals surface area contributed by atoms with Crippen LogP contribution in [0.25, 0.3) is 32.1 Å². The van der Waals surface area contributed by atoms with Gasteiger partial charge in [0.1, 0.15) is 46.1 Å². The molecule has 2 aromatic carbocycles. The predicted octanol–water partition coefficient (Wildman–Crippen LogP) is 7.47. The molecule has 4 aliphatic heterocycles. The Morgan fingerprint density at radius 1 is 1.12 bits per heavy atom. The van der Waals surface area contributed by atoms with Crippen LogP contribution in [0.3, 0.4) is 0 Å². The lowest BCUT2D eigenvalue weighted by atomic mass is 9.75. The summed E-state index contributed by atoms with van der Waals surface area (Å²) in [6.07, 6.45) is 2.84. The molecule has 8 rings (SSSR count). The fourth-order valence-corrected chi connectivity index (χ4v) is 10.3. The maximum atomic E-state index is 17.3. The van der Waals surface area contributed by atoms with Crippen molar-refractivity contribution in [1.29, 1.82) is 5.26 Å². The van der Waals surface area contributed by atoms with E-state index in [4.69, 9.17) is 27.1 Å². The molecule has 4 fully saturated rings. The summed E-state index contributed by atoms with van der Waals surface area (Å²) in [6, 6.07) is 5.80. The maximum Gasteiger partial charge on any atom is 0.352 e. The van der Waals surface area contributed by atoms with E-state index in [0.29, 0.717) is 32.4 Å². The van der Waals surface area contributed by atoms with Gasteiger partial charge in [-0.1, -0.05) is 24.1 Å². The van der Waals surface area contributed by atoms with Gasteiger partial charge in [-0.25, -0.2) is 13.2 Å². The number of nitrogens with zero attached hydrogens (tertiary/aromatic N) is 6. The van der Waals surface area contributed by atoms with Gasteiger partial charge in [-0.15, -0.1) is 11.3 Å². The minimum atomic E-state index is -3.99. The summed E-state index contributed by atoms with van der Waals surface area (Å²) >= 11 is 7.79. The van der Waals surface area contributed by atoms with Crippen LogP contribution in [-0.2, 0) is 4.79 Å². The zero-order chi connectivity index (χ0) is 39.9. The Morgan fingerprint density at radius 3 is 2.62 bits per heavy atom. The molecule has 1 spiro atoms. The lowest BCUT2D eigenvalue weighted by Gasteiger charge is -2.52. The molecule has 56 heavy (non-hydrogen) atoms. The number of anilines is 2. The van der Waals surface area contributed by atoms with Crippen molar-refractivity contribution in [2.24, 2.45) is 5.41 Å². The summed E-state index contributed by atoms with van der Waals surface area (Å²) in [5.41, 5.74) is 2.80. The first-order valence-corrected chi connectivity index (χ1v) is 20.0. The number of halogens is 6. The Bertz CT molecular complexity index is 2270. The van der Waals surface area contributed by atoms with Gasteiger partial charge in [0.15, 0.2) is 5.82 Å². The van der Waals surface area contributed by atoms with Crippen LogP contribution in [0.15, 0.2) is 18.2 Å². The normalized spacial score (nSPS) is 23.2. The summed E-state index contributed by atoms with van der Waals surface area (Å²) in [4.78, 5) is 27.4. The summed E-state index contributed by atoms with van der Waals surface area (Å²) in [7, 11) is 0. The number of rotatable bonds is 6. The van der Waals surface area contributed by atoms with Gasteiger partial charge in [0.2, 0.25) is 0 Å². The Hall–Kier alpha value is -4.04. The van der Waals surface area contributed by atoms with Gasteiger partial charge < -0.3 is 25.4 Å². The molecule has 10 nitrogen and oxygen atoms in total. The second-order valence-electron chi connectivity index (χ2n) is 16.2. The van der Waals surface area contributed by atoms with E-state index >= 15 is 8.78 Å². The summed E-state index contributed by atoms with van der Waals surface area (Å²) in [6.45, 7) is 3.59. The Balaban J connectivity index is 1.24. The number of thiophene rings is 1. The Kier molecular flexibility index (Phi) is 9.78. The van der Waals surface area contributed by atoms with E-state index in [1.165, 1.54) is 12.1 Å². The Labute approximate surface area is 329 Å². The fourth-order valence-electron chi connectivity index (χ4n) is 9.04. The summed E-state index contributed by atoms with van der Waals surface area (Å²) in [5, 5.41) is 20.4. The number of aliphatic hydroxyl groups is 1. The number of nitrogen functional groups attached to an aromatic ring is 1. The second kappa shape index (κ2) is 14.1. The van der Waals surface area contributed by atoms with Crippen molar-refractivity contribution >= 4 is 60.7 Å². The molecule has 17 heteroatoms. The van der Waals surface area contributed by atoms with Gasteiger partial charge in [0, 0.05) is 60.5 Å². The number of hydrogen-bond donors (Lipinski definition) is 2. The van der Waals surface area contributed by atoms with Crippen molar-refractivity contribution < 1.29 is 36.6 Å². The highest BCUT2D eigenvalue weighted by Gasteiger charge is 2.58. The summed E-state index contributed by atoms with van der Waals surface area (Å²) in [5.74, 6) is -6.65. The first-order chi connectivity index (χ1) is 26.5. The second-order valence-corrected chi connectivity index (χ2v) is 17.7. The zero-order valence-corrected chi connectivity index (χ0v) is 32.4. The average molecular weight is 818 g/mol. The largest absolute Gasteiger partial charge is 0.458 e. The van der Waals surface area contributed by atoms with Crippen LogP contribution in [0.2, 0.25) is 5.02 Å².